The number of nitrogens with zero attached hydrogens (tertiary/aromatic N) is 1. The van der Waals surface area contributed by atoms with Gasteiger partial charge in [0.05, 0.1) is 13.2 Å². The highest BCUT2D eigenvalue weighted by Gasteiger charge is 2.20. The van der Waals surface area contributed by atoms with Gasteiger partial charge in [-0.05, 0) is 23.3 Å². The fourth-order valence-corrected chi connectivity index (χ4v) is 2.98. The first-order valence-electron chi connectivity index (χ1n) is 7.96. The Kier molecular flexibility index (Phi) is 5.05. The van der Waals surface area contributed by atoms with Crippen LogP contribution in [0.15, 0.2) is 54.6 Å². The van der Waals surface area contributed by atoms with E-state index in [2.05, 4.69) is 29.2 Å². The molecule has 0 radical (unpaired) electrons. The first-order valence-corrected chi connectivity index (χ1v) is 7.96. The Morgan fingerprint density at radius 3 is 2.57 bits per heavy atom. The fraction of sp³-hybridized carbons (Fsp3) is 0.316. The Morgan fingerprint density at radius 1 is 1.13 bits per heavy atom. The van der Waals surface area contributed by atoms with Crippen LogP contribution in [-0.2, 0) is 11.3 Å². The predicted octanol–water partition coefficient (Wildman–Crippen LogP) is 2.40. The lowest BCUT2D eigenvalue weighted by molar-refractivity contribution is 0.100. The molecule has 2 N–H and O–H groups in total. The lowest BCUT2D eigenvalue weighted by Gasteiger charge is -2.23. The van der Waals surface area contributed by atoms with Crippen molar-refractivity contribution in [3.8, 4) is 0 Å². The van der Waals surface area contributed by atoms with Gasteiger partial charge in [0.15, 0.2) is 0 Å². The molecule has 0 spiro atoms. The van der Waals surface area contributed by atoms with Crippen molar-refractivity contribution in [2.75, 3.05) is 26.3 Å². The number of carbonyl (C=O) groups excluding carboxylic acids is 1. The highest BCUT2D eigenvalue weighted by Crippen LogP contribution is 2.21. The first-order chi connectivity index (χ1) is 11.2. The Balaban J connectivity index is 1.70. The van der Waals surface area contributed by atoms with Crippen LogP contribution >= 0.6 is 0 Å². The Labute approximate surface area is 136 Å². The smallest absolute Gasteiger partial charge is 0.248 e. The van der Waals surface area contributed by atoms with Crippen LogP contribution in [0.5, 0.6) is 0 Å². The van der Waals surface area contributed by atoms with Gasteiger partial charge >= 0.3 is 0 Å². The van der Waals surface area contributed by atoms with Gasteiger partial charge < -0.3 is 10.5 Å². The highest BCUT2D eigenvalue weighted by atomic mass is 16.5. The molecule has 2 aromatic rings. The monoisotopic (exact) mass is 310 g/mol. The average molecular weight is 310 g/mol. The van der Waals surface area contributed by atoms with E-state index in [1.807, 2.05) is 18.2 Å². The molecular formula is C19H22N2O2. The van der Waals surface area contributed by atoms with Crippen molar-refractivity contribution in [3.63, 3.8) is 0 Å². The Morgan fingerprint density at radius 2 is 1.87 bits per heavy atom. The number of ether oxygens (including phenoxy) is 1. The molecule has 0 aromatic heterocycles. The molecule has 4 heteroatoms. The van der Waals surface area contributed by atoms with Crippen LogP contribution in [0.4, 0.5) is 0 Å². The fourth-order valence-electron chi connectivity index (χ4n) is 2.98. The molecule has 0 saturated carbocycles. The molecule has 23 heavy (non-hydrogen) atoms. The second kappa shape index (κ2) is 7.40. The quantitative estimate of drug-likeness (QED) is 0.943. The maximum Gasteiger partial charge on any atom is 0.248 e. The van der Waals surface area contributed by atoms with Crippen LogP contribution in [-0.4, -0.2) is 37.1 Å². The minimum absolute atomic E-state index is 0.308. The number of rotatable bonds is 4. The van der Waals surface area contributed by atoms with Gasteiger partial charge in [0.2, 0.25) is 5.91 Å². The summed E-state index contributed by atoms with van der Waals surface area (Å²) in [6, 6.07) is 18.1. The molecular weight excluding hydrogens is 288 g/mol. The topological polar surface area (TPSA) is 55.6 Å². The third kappa shape index (κ3) is 4.18. The summed E-state index contributed by atoms with van der Waals surface area (Å²) in [7, 11) is 0. The van der Waals surface area contributed by atoms with Crippen LogP contribution in [0.25, 0.3) is 0 Å². The summed E-state index contributed by atoms with van der Waals surface area (Å²) in [6.45, 7) is 4.28. The maximum atomic E-state index is 11.2. The number of hydrogen-bond donors (Lipinski definition) is 1. The molecule has 1 heterocycles. The van der Waals surface area contributed by atoms with Crippen molar-refractivity contribution in [3.05, 3.63) is 71.3 Å². The van der Waals surface area contributed by atoms with E-state index in [0.29, 0.717) is 18.1 Å². The molecule has 1 aliphatic rings. The van der Waals surface area contributed by atoms with E-state index >= 15 is 0 Å². The molecule has 4 nitrogen and oxygen atoms in total. The molecule has 1 unspecified atom stereocenters. The lowest BCUT2D eigenvalue weighted by Crippen LogP contribution is -2.28. The standard InChI is InChI=1S/C19H22N2O2/c20-19(22)17-8-6-16(7-9-17)18-13-21(10-11-23-14-18)12-15-4-2-1-3-5-15/h1-9,18H,10-14H2,(H2,20,22). The minimum atomic E-state index is -0.389. The van der Waals surface area contributed by atoms with E-state index in [4.69, 9.17) is 10.5 Å². The first kappa shape index (κ1) is 15.7. The van der Waals surface area contributed by atoms with Crippen LogP contribution in [0.3, 0.4) is 0 Å². The summed E-state index contributed by atoms with van der Waals surface area (Å²) >= 11 is 0. The minimum Gasteiger partial charge on any atom is -0.379 e. The molecule has 120 valence electrons. The van der Waals surface area contributed by atoms with E-state index in [-0.39, 0.29) is 5.91 Å². The summed E-state index contributed by atoms with van der Waals surface area (Å²) in [5, 5.41) is 0. The third-order valence-electron chi connectivity index (χ3n) is 4.27. The number of amides is 1. The summed E-state index contributed by atoms with van der Waals surface area (Å²) < 4.78 is 5.77. The summed E-state index contributed by atoms with van der Waals surface area (Å²) in [4.78, 5) is 13.6. The maximum absolute atomic E-state index is 11.2. The van der Waals surface area contributed by atoms with Gasteiger partial charge in [0.1, 0.15) is 0 Å². The molecule has 1 fully saturated rings. The molecule has 1 amide bonds. The molecule has 1 saturated heterocycles. The summed E-state index contributed by atoms with van der Waals surface area (Å²) in [5.41, 5.74) is 8.36. The van der Waals surface area contributed by atoms with Gasteiger partial charge in [0.25, 0.3) is 0 Å². The third-order valence-corrected chi connectivity index (χ3v) is 4.27. The van der Waals surface area contributed by atoms with E-state index in [0.717, 1.165) is 26.2 Å². The number of benzene rings is 2. The van der Waals surface area contributed by atoms with Gasteiger partial charge in [-0.25, -0.2) is 0 Å². The van der Waals surface area contributed by atoms with E-state index in [1.54, 1.807) is 12.1 Å². The van der Waals surface area contributed by atoms with E-state index in [1.165, 1.54) is 11.1 Å². The van der Waals surface area contributed by atoms with Crippen LogP contribution in [0.1, 0.15) is 27.4 Å². The molecule has 2 aromatic carbocycles. The summed E-state index contributed by atoms with van der Waals surface area (Å²) in [6.07, 6.45) is 0. The molecule has 0 bridgehead atoms. The van der Waals surface area contributed by atoms with Crippen molar-refractivity contribution >= 4 is 5.91 Å². The Hall–Kier alpha value is -2.17. The van der Waals surface area contributed by atoms with E-state index in [9.17, 15) is 4.79 Å². The SMILES string of the molecule is NC(=O)c1ccc(C2COCCN(Cc3ccccc3)C2)cc1. The molecule has 1 aliphatic heterocycles. The number of primary amides is 1. The van der Waals surface area contributed by atoms with Crippen LogP contribution in [0.2, 0.25) is 0 Å². The van der Waals surface area contributed by atoms with Crippen molar-refractivity contribution in [2.45, 2.75) is 12.5 Å². The Bertz CT molecular complexity index is 640. The second-order valence-corrected chi connectivity index (χ2v) is 5.98. The highest BCUT2D eigenvalue weighted by molar-refractivity contribution is 5.92. The molecule has 3 rings (SSSR count). The number of carbonyl (C=O) groups is 1. The largest absolute Gasteiger partial charge is 0.379 e. The van der Waals surface area contributed by atoms with Crippen LogP contribution in [0, 0.1) is 0 Å². The predicted molar refractivity (Wildman–Crippen MR) is 90.2 cm³/mol. The zero-order chi connectivity index (χ0) is 16.1. The number of nitrogens with two attached hydrogens (primary N) is 1. The second-order valence-electron chi connectivity index (χ2n) is 5.98. The van der Waals surface area contributed by atoms with Crippen molar-refractivity contribution in [1.82, 2.24) is 4.90 Å². The van der Waals surface area contributed by atoms with Crippen LogP contribution < -0.4 is 5.73 Å². The average Bonchev–Trinajstić information content (AvgIpc) is 2.81. The summed E-state index contributed by atoms with van der Waals surface area (Å²) in [5.74, 6) is -0.0810. The lowest BCUT2D eigenvalue weighted by atomic mass is 9.98. The normalized spacial score (nSPS) is 19.2. The van der Waals surface area contributed by atoms with Gasteiger partial charge in [-0.15, -0.1) is 0 Å². The number of hydrogen-bond acceptors (Lipinski definition) is 3. The van der Waals surface area contributed by atoms with Crippen molar-refractivity contribution in [2.24, 2.45) is 5.73 Å². The van der Waals surface area contributed by atoms with Crippen molar-refractivity contribution in [1.29, 1.82) is 0 Å². The van der Waals surface area contributed by atoms with Gasteiger partial charge in [-0.2, -0.15) is 0 Å². The van der Waals surface area contributed by atoms with Crippen molar-refractivity contribution < 1.29 is 9.53 Å². The van der Waals surface area contributed by atoms with Gasteiger partial charge in [-0.1, -0.05) is 42.5 Å². The molecule has 1 atom stereocenters. The van der Waals surface area contributed by atoms with Gasteiger partial charge in [0, 0.05) is 31.1 Å². The van der Waals surface area contributed by atoms with E-state index < -0.39 is 0 Å². The molecule has 0 aliphatic carbocycles. The zero-order valence-corrected chi connectivity index (χ0v) is 13.2. The van der Waals surface area contributed by atoms with Gasteiger partial charge in [-0.3, -0.25) is 9.69 Å². The zero-order valence-electron chi connectivity index (χ0n) is 13.2.